The maximum Gasteiger partial charge on any atom is 0.417 e. The SMILES string of the molecule is CC(C)(CCc1ccc(F)cc1)C(=O)Nc1ccc(C#N)c(C(F)(F)F)c1. The molecule has 0 aliphatic carbocycles. The molecular formula is C20H18F4N2O. The van der Waals surface area contributed by atoms with Crippen molar-refractivity contribution < 1.29 is 22.4 Å². The molecule has 0 atom stereocenters. The van der Waals surface area contributed by atoms with Gasteiger partial charge in [0.05, 0.1) is 17.2 Å². The number of hydrogen-bond acceptors (Lipinski definition) is 2. The van der Waals surface area contributed by atoms with Crippen LogP contribution in [0.3, 0.4) is 0 Å². The normalized spacial score (nSPS) is 11.7. The Morgan fingerprint density at radius 2 is 1.74 bits per heavy atom. The minimum atomic E-state index is -4.69. The standard InChI is InChI=1S/C20H18F4N2O/c1-19(2,10-9-13-3-6-15(21)7-4-13)18(27)26-16-8-5-14(12-25)17(11-16)20(22,23)24/h3-8,11H,9-10H2,1-2H3,(H,26,27). The van der Waals surface area contributed by atoms with Gasteiger partial charge in [-0.3, -0.25) is 4.79 Å². The Balaban J connectivity index is 2.11. The van der Waals surface area contributed by atoms with Crippen LogP contribution in [-0.2, 0) is 17.4 Å². The van der Waals surface area contributed by atoms with Crippen LogP contribution in [-0.4, -0.2) is 5.91 Å². The molecular weight excluding hydrogens is 360 g/mol. The number of nitrogens with one attached hydrogen (secondary N) is 1. The van der Waals surface area contributed by atoms with E-state index in [-0.39, 0.29) is 11.5 Å². The van der Waals surface area contributed by atoms with Gasteiger partial charge in [0.25, 0.3) is 0 Å². The summed E-state index contributed by atoms with van der Waals surface area (Å²) in [6, 6.07) is 10.5. The van der Waals surface area contributed by atoms with Gasteiger partial charge >= 0.3 is 6.18 Å². The van der Waals surface area contributed by atoms with Gasteiger partial charge < -0.3 is 5.32 Å². The van der Waals surface area contributed by atoms with Gasteiger partial charge in [-0.2, -0.15) is 18.4 Å². The van der Waals surface area contributed by atoms with E-state index in [2.05, 4.69) is 5.32 Å². The van der Waals surface area contributed by atoms with E-state index in [4.69, 9.17) is 5.26 Å². The van der Waals surface area contributed by atoms with Crippen molar-refractivity contribution in [3.63, 3.8) is 0 Å². The van der Waals surface area contributed by atoms with E-state index in [1.165, 1.54) is 24.3 Å². The van der Waals surface area contributed by atoms with Gasteiger partial charge in [-0.1, -0.05) is 26.0 Å². The zero-order valence-electron chi connectivity index (χ0n) is 14.8. The lowest BCUT2D eigenvalue weighted by atomic mass is 9.85. The van der Waals surface area contributed by atoms with Crippen LogP contribution in [0.25, 0.3) is 0 Å². The summed E-state index contributed by atoms with van der Waals surface area (Å²) >= 11 is 0. The monoisotopic (exact) mass is 378 g/mol. The van der Waals surface area contributed by atoms with Crippen LogP contribution in [0.15, 0.2) is 42.5 Å². The number of anilines is 1. The maximum absolute atomic E-state index is 13.0. The van der Waals surface area contributed by atoms with E-state index in [1.54, 1.807) is 26.0 Å². The molecule has 0 saturated heterocycles. The molecule has 27 heavy (non-hydrogen) atoms. The van der Waals surface area contributed by atoms with Crippen molar-refractivity contribution in [2.45, 2.75) is 32.9 Å². The molecule has 1 amide bonds. The Morgan fingerprint density at radius 3 is 2.30 bits per heavy atom. The highest BCUT2D eigenvalue weighted by Gasteiger charge is 2.34. The van der Waals surface area contributed by atoms with E-state index in [0.29, 0.717) is 12.8 Å². The van der Waals surface area contributed by atoms with Crippen LogP contribution in [0.5, 0.6) is 0 Å². The number of nitrogens with zero attached hydrogens (tertiary/aromatic N) is 1. The number of halogens is 4. The molecule has 0 radical (unpaired) electrons. The first kappa shape index (κ1) is 20.4. The van der Waals surface area contributed by atoms with E-state index in [9.17, 15) is 22.4 Å². The average Bonchev–Trinajstić information content (AvgIpc) is 2.60. The van der Waals surface area contributed by atoms with Crippen molar-refractivity contribution >= 4 is 11.6 Å². The Hall–Kier alpha value is -2.88. The Kier molecular flexibility index (Phi) is 5.89. The third kappa shape index (κ3) is 5.30. The molecule has 0 saturated carbocycles. The second-order valence-corrected chi connectivity index (χ2v) is 6.83. The second-order valence-electron chi connectivity index (χ2n) is 6.83. The number of carbonyl (C=O) groups excluding carboxylic acids is 1. The van der Waals surface area contributed by atoms with Crippen LogP contribution in [0.4, 0.5) is 23.2 Å². The summed E-state index contributed by atoms with van der Waals surface area (Å²) in [6.07, 6.45) is -3.75. The van der Waals surface area contributed by atoms with Crippen LogP contribution in [0.2, 0.25) is 0 Å². The maximum atomic E-state index is 13.0. The molecule has 0 aliphatic heterocycles. The lowest BCUT2D eigenvalue weighted by Gasteiger charge is -2.24. The number of aryl methyl sites for hydroxylation is 1. The second kappa shape index (κ2) is 7.78. The molecule has 2 aromatic rings. The fraction of sp³-hybridized carbons (Fsp3) is 0.300. The van der Waals surface area contributed by atoms with Crippen molar-refractivity contribution in [2.24, 2.45) is 5.41 Å². The zero-order valence-corrected chi connectivity index (χ0v) is 14.8. The fourth-order valence-electron chi connectivity index (χ4n) is 2.48. The van der Waals surface area contributed by atoms with Crippen molar-refractivity contribution in [1.29, 1.82) is 5.26 Å². The molecule has 0 unspecified atom stereocenters. The quantitative estimate of drug-likeness (QED) is 0.717. The van der Waals surface area contributed by atoms with E-state index >= 15 is 0 Å². The van der Waals surface area contributed by atoms with Gasteiger partial charge in [-0.25, -0.2) is 4.39 Å². The highest BCUT2D eigenvalue weighted by atomic mass is 19.4. The highest BCUT2D eigenvalue weighted by molar-refractivity contribution is 5.95. The predicted molar refractivity (Wildman–Crippen MR) is 93.3 cm³/mol. The van der Waals surface area contributed by atoms with E-state index in [0.717, 1.165) is 17.7 Å². The average molecular weight is 378 g/mol. The molecule has 0 bridgehead atoms. The van der Waals surface area contributed by atoms with Gasteiger partial charge in [-0.15, -0.1) is 0 Å². The topological polar surface area (TPSA) is 52.9 Å². The third-order valence-electron chi connectivity index (χ3n) is 4.27. The number of alkyl halides is 3. The van der Waals surface area contributed by atoms with Crippen LogP contribution >= 0.6 is 0 Å². The third-order valence-corrected chi connectivity index (χ3v) is 4.27. The molecule has 7 heteroatoms. The number of hydrogen-bond donors (Lipinski definition) is 1. The minimum Gasteiger partial charge on any atom is -0.326 e. The first-order valence-corrected chi connectivity index (χ1v) is 8.20. The summed E-state index contributed by atoms with van der Waals surface area (Å²) in [5.74, 6) is -0.792. The number of benzene rings is 2. The Morgan fingerprint density at radius 1 is 1.11 bits per heavy atom. The Labute approximate surface area is 154 Å². The number of rotatable bonds is 5. The molecule has 0 spiro atoms. The number of nitriles is 1. The summed E-state index contributed by atoms with van der Waals surface area (Å²) in [6.45, 7) is 3.36. The van der Waals surface area contributed by atoms with Gasteiger partial charge in [-0.05, 0) is 48.7 Å². The smallest absolute Gasteiger partial charge is 0.326 e. The van der Waals surface area contributed by atoms with Gasteiger partial charge in [0.15, 0.2) is 0 Å². The molecule has 0 fully saturated rings. The number of carbonyl (C=O) groups is 1. The van der Waals surface area contributed by atoms with Gasteiger partial charge in [0.2, 0.25) is 5.91 Å². The summed E-state index contributed by atoms with van der Waals surface area (Å²) in [4.78, 5) is 12.5. The summed E-state index contributed by atoms with van der Waals surface area (Å²) in [5, 5.41) is 11.3. The van der Waals surface area contributed by atoms with Crippen molar-refractivity contribution in [1.82, 2.24) is 0 Å². The largest absolute Gasteiger partial charge is 0.417 e. The van der Waals surface area contributed by atoms with Crippen LogP contribution in [0, 0.1) is 22.6 Å². The molecule has 1 N–H and O–H groups in total. The molecule has 2 rings (SSSR count). The van der Waals surface area contributed by atoms with Crippen LogP contribution in [0.1, 0.15) is 37.0 Å². The van der Waals surface area contributed by atoms with Crippen LogP contribution < -0.4 is 5.32 Å². The van der Waals surface area contributed by atoms with Gasteiger partial charge in [0.1, 0.15) is 5.82 Å². The molecule has 3 nitrogen and oxygen atoms in total. The zero-order chi connectivity index (χ0) is 20.2. The highest BCUT2D eigenvalue weighted by Crippen LogP contribution is 2.34. The Bertz CT molecular complexity index is 865. The van der Waals surface area contributed by atoms with Crippen molar-refractivity contribution in [3.05, 3.63) is 65.0 Å². The van der Waals surface area contributed by atoms with Gasteiger partial charge in [0, 0.05) is 11.1 Å². The van der Waals surface area contributed by atoms with Crippen molar-refractivity contribution in [2.75, 3.05) is 5.32 Å². The number of amides is 1. The van der Waals surface area contributed by atoms with E-state index < -0.39 is 28.6 Å². The molecule has 2 aromatic carbocycles. The summed E-state index contributed by atoms with van der Waals surface area (Å²) in [5.41, 5.74) is -1.63. The first-order chi connectivity index (χ1) is 12.5. The van der Waals surface area contributed by atoms with Crippen molar-refractivity contribution in [3.8, 4) is 6.07 Å². The lowest BCUT2D eigenvalue weighted by Crippen LogP contribution is -2.31. The molecule has 142 valence electrons. The lowest BCUT2D eigenvalue weighted by molar-refractivity contribution is -0.137. The summed E-state index contributed by atoms with van der Waals surface area (Å²) in [7, 11) is 0. The minimum absolute atomic E-state index is 0.0267. The fourth-order valence-corrected chi connectivity index (χ4v) is 2.48. The molecule has 0 aromatic heterocycles. The summed E-state index contributed by atoms with van der Waals surface area (Å²) < 4.78 is 52.0. The van der Waals surface area contributed by atoms with E-state index in [1.807, 2.05) is 0 Å². The molecule has 0 heterocycles. The molecule has 0 aliphatic rings. The first-order valence-electron chi connectivity index (χ1n) is 8.20. The predicted octanol–water partition coefficient (Wildman–Crippen LogP) is 5.31.